The molecule has 136 valence electrons. The number of hydrogen-bond acceptors (Lipinski definition) is 6. The Balaban J connectivity index is 1.66. The monoisotopic (exact) mass is 350 g/mol. The number of carbonyl (C=O) groups excluding carboxylic acids is 3. The van der Waals surface area contributed by atoms with Gasteiger partial charge in [-0.3, -0.25) is 9.59 Å². The number of morpholine rings is 1. The molecule has 1 N–H and O–H groups in total. The lowest BCUT2D eigenvalue weighted by molar-refractivity contribution is -0.155. The average molecular weight is 350 g/mol. The second kappa shape index (κ2) is 9.63. The molecular formula is C17H22N2O6. The molecule has 8 heteroatoms. The highest BCUT2D eigenvalue weighted by atomic mass is 16.5. The van der Waals surface area contributed by atoms with Crippen LogP contribution in [0.5, 0.6) is 5.75 Å². The Kier molecular flexibility index (Phi) is 7.21. The predicted molar refractivity (Wildman–Crippen MR) is 87.9 cm³/mol. The number of nitrogens with zero attached hydrogens (tertiary/aromatic N) is 1. The number of ether oxygens (including phenoxy) is 3. The summed E-state index contributed by atoms with van der Waals surface area (Å²) in [6.45, 7) is 2.86. The molecular weight excluding hydrogens is 328 g/mol. The Bertz CT molecular complexity index is 586. The number of carbonyl (C=O) groups is 3. The Morgan fingerprint density at radius 1 is 1.16 bits per heavy atom. The fourth-order valence-electron chi connectivity index (χ4n) is 2.17. The van der Waals surface area contributed by atoms with Crippen molar-refractivity contribution in [3.8, 4) is 5.75 Å². The summed E-state index contributed by atoms with van der Waals surface area (Å²) < 4.78 is 15.4. The van der Waals surface area contributed by atoms with Gasteiger partial charge in [0.2, 0.25) is 0 Å². The minimum absolute atomic E-state index is 0.214. The zero-order valence-corrected chi connectivity index (χ0v) is 14.1. The number of hydrogen-bond donors (Lipinski definition) is 1. The molecule has 1 fully saturated rings. The third-order valence-corrected chi connectivity index (χ3v) is 3.55. The first kappa shape index (κ1) is 18.7. The van der Waals surface area contributed by atoms with Crippen LogP contribution in [0.3, 0.4) is 0 Å². The Morgan fingerprint density at radius 3 is 2.52 bits per heavy atom. The maximum absolute atomic E-state index is 11.9. The van der Waals surface area contributed by atoms with Gasteiger partial charge in [-0.2, -0.15) is 0 Å². The van der Waals surface area contributed by atoms with Crippen molar-refractivity contribution in [2.45, 2.75) is 13.0 Å². The van der Waals surface area contributed by atoms with Crippen LogP contribution in [0, 0.1) is 0 Å². The maximum atomic E-state index is 11.9. The van der Waals surface area contributed by atoms with Crippen LogP contribution in [0.4, 0.5) is 0 Å². The van der Waals surface area contributed by atoms with Crippen molar-refractivity contribution in [2.24, 2.45) is 0 Å². The molecule has 8 nitrogen and oxygen atoms in total. The van der Waals surface area contributed by atoms with Crippen LogP contribution in [0.1, 0.15) is 6.92 Å². The van der Waals surface area contributed by atoms with Crippen molar-refractivity contribution in [1.82, 2.24) is 10.2 Å². The molecule has 1 aliphatic heterocycles. The predicted octanol–water partition coefficient (Wildman–Crippen LogP) is -0.0279. The summed E-state index contributed by atoms with van der Waals surface area (Å²) >= 11 is 0. The molecule has 0 aromatic heterocycles. The third-order valence-electron chi connectivity index (χ3n) is 3.55. The first-order valence-corrected chi connectivity index (χ1v) is 8.05. The molecule has 1 atom stereocenters. The molecule has 1 aromatic carbocycles. The van der Waals surface area contributed by atoms with E-state index in [9.17, 15) is 14.4 Å². The Morgan fingerprint density at radius 2 is 1.84 bits per heavy atom. The Labute approximate surface area is 146 Å². The number of amides is 2. The highest BCUT2D eigenvalue weighted by Crippen LogP contribution is 2.07. The minimum atomic E-state index is -0.871. The summed E-state index contributed by atoms with van der Waals surface area (Å²) in [5.41, 5.74) is 0. The summed E-state index contributed by atoms with van der Waals surface area (Å²) in [5.74, 6) is -0.839. The largest absolute Gasteiger partial charge is 0.484 e. The van der Waals surface area contributed by atoms with E-state index in [0.29, 0.717) is 32.1 Å². The fraction of sp³-hybridized carbons (Fsp3) is 0.471. The first-order chi connectivity index (χ1) is 12.1. The van der Waals surface area contributed by atoms with Crippen molar-refractivity contribution < 1.29 is 28.6 Å². The van der Waals surface area contributed by atoms with Crippen LogP contribution in [-0.2, 0) is 23.9 Å². The average Bonchev–Trinajstić information content (AvgIpc) is 2.65. The number of nitrogens with one attached hydrogen (secondary N) is 1. The zero-order valence-electron chi connectivity index (χ0n) is 14.1. The van der Waals surface area contributed by atoms with Crippen LogP contribution >= 0.6 is 0 Å². The highest BCUT2D eigenvalue weighted by Gasteiger charge is 2.21. The van der Waals surface area contributed by atoms with Crippen LogP contribution in [0.2, 0.25) is 0 Å². The van der Waals surface area contributed by atoms with Crippen LogP contribution < -0.4 is 10.1 Å². The van der Waals surface area contributed by atoms with Gasteiger partial charge in [0.05, 0.1) is 13.2 Å². The number of benzene rings is 1. The highest BCUT2D eigenvalue weighted by molar-refractivity contribution is 5.86. The van der Waals surface area contributed by atoms with Gasteiger partial charge in [-0.25, -0.2) is 4.79 Å². The van der Waals surface area contributed by atoms with Crippen LogP contribution in [0.15, 0.2) is 30.3 Å². The quantitative estimate of drug-likeness (QED) is 0.694. The standard InChI is InChI=1S/C17H22N2O6/c1-13(18-15(20)11-24-14-5-3-2-4-6-14)17(22)25-12-16(21)19-7-9-23-10-8-19/h2-6,13H,7-12H2,1H3,(H,18,20)/t13-/m0/s1. The lowest BCUT2D eigenvalue weighted by atomic mass is 10.3. The molecule has 25 heavy (non-hydrogen) atoms. The summed E-state index contributed by atoms with van der Waals surface area (Å²) in [7, 11) is 0. The van der Waals surface area contributed by atoms with E-state index in [4.69, 9.17) is 14.2 Å². The third kappa shape index (κ3) is 6.42. The molecule has 1 heterocycles. The molecule has 0 bridgehead atoms. The number of rotatable bonds is 7. The van der Waals surface area contributed by atoms with Gasteiger partial charge in [0.1, 0.15) is 11.8 Å². The van der Waals surface area contributed by atoms with Gasteiger partial charge in [0, 0.05) is 13.1 Å². The number of para-hydroxylation sites is 1. The van der Waals surface area contributed by atoms with Gasteiger partial charge < -0.3 is 24.4 Å². The second-order valence-electron chi connectivity index (χ2n) is 5.49. The molecule has 1 aliphatic rings. The number of esters is 1. The minimum Gasteiger partial charge on any atom is -0.484 e. The van der Waals surface area contributed by atoms with E-state index in [2.05, 4.69) is 5.32 Å². The molecule has 2 rings (SSSR count). The lowest BCUT2D eigenvalue weighted by Gasteiger charge is -2.26. The molecule has 0 aliphatic carbocycles. The van der Waals surface area contributed by atoms with Gasteiger partial charge >= 0.3 is 5.97 Å². The maximum Gasteiger partial charge on any atom is 0.328 e. The molecule has 1 saturated heterocycles. The SMILES string of the molecule is C[C@H](NC(=O)COc1ccccc1)C(=O)OCC(=O)N1CCOCC1. The summed E-state index contributed by atoms with van der Waals surface area (Å²) in [4.78, 5) is 37.1. The molecule has 0 radical (unpaired) electrons. The molecule has 0 saturated carbocycles. The van der Waals surface area contributed by atoms with Crippen molar-refractivity contribution in [3.63, 3.8) is 0 Å². The van der Waals surface area contributed by atoms with Gasteiger partial charge in [-0.05, 0) is 19.1 Å². The van der Waals surface area contributed by atoms with E-state index in [1.807, 2.05) is 6.07 Å². The molecule has 0 unspecified atom stereocenters. The van der Waals surface area contributed by atoms with Crippen LogP contribution in [0.25, 0.3) is 0 Å². The van der Waals surface area contributed by atoms with Crippen molar-refractivity contribution in [3.05, 3.63) is 30.3 Å². The lowest BCUT2D eigenvalue weighted by Crippen LogP contribution is -2.45. The van der Waals surface area contributed by atoms with Crippen LogP contribution in [-0.4, -0.2) is 68.2 Å². The van der Waals surface area contributed by atoms with E-state index >= 15 is 0 Å². The molecule has 2 amide bonds. The fourth-order valence-corrected chi connectivity index (χ4v) is 2.17. The Hall–Kier alpha value is -2.61. The van der Waals surface area contributed by atoms with E-state index in [1.54, 1.807) is 29.2 Å². The van der Waals surface area contributed by atoms with E-state index in [1.165, 1.54) is 6.92 Å². The summed E-state index contributed by atoms with van der Waals surface area (Å²) in [6, 6.07) is 8.00. The van der Waals surface area contributed by atoms with Gasteiger partial charge in [-0.15, -0.1) is 0 Å². The summed E-state index contributed by atoms with van der Waals surface area (Å²) in [6.07, 6.45) is 0. The normalized spacial score (nSPS) is 15.2. The molecule has 0 spiro atoms. The topological polar surface area (TPSA) is 94.2 Å². The van der Waals surface area contributed by atoms with Crippen molar-refractivity contribution in [2.75, 3.05) is 39.5 Å². The smallest absolute Gasteiger partial charge is 0.328 e. The first-order valence-electron chi connectivity index (χ1n) is 8.05. The summed E-state index contributed by atoms with van der Waals surface area (Å²) in [5, 5.41) is 2.47. The molecule has 1 aromatic rings. The van der Waals surface area contributed by atoms with Gasteiger partial charge in [0.25, 0.3) is 11.8 Å². The van der Waals surface area contributed by atoms with Crippen molar-refractivity contribution >= 4 is 17.8 Å². The van der Waals surface area contributed by atoms with E-state index in [-0.39, 0.29) is 19.1 Å². The van der Waals surface area contributed by atoms with Gasteiger partial charge in [-0.1, -0.05) is 18.2 Å². The zero-order chi connectivity index (χ0) is 18.1. The van der Waals surface area contributed by atoms with E-state index < -0.39 is 17.9 Å². The van der Waals surface area contributed by atoms with Crippen molar-refractivity contribution in [1.29, 1.82) is 0 Å². The van der Waals surface area contributed by atoms with Gasteiger partial charge in [0.15, 0.2) is 13.2 Å². The van der Waals surface area contributed by atoms with E-state index in [0.717, 1.165) is 0 Å². The second-order valence-corrected chi connectivity index (χ2v) is 5.49.